The Morgan fingerprint density at radius 2 is 1.31 bits per heavy atom. The van der Waals surface area contributed by atoms with Crippen molar-refractivity contribution in [1.82, 2.24) is 0 Å². The molecule has 0 amide bonds. The lowest BCUT2D eigenvalue weighted by atomic mass is 10.2. The quantitative estimate of drug-likeness (QED) is 0.373. The van der Waals surface area contributed by atoms with Crippen LogP contribution in [-0.2, 0) is 9.59 Å². The third-order valence-electron chi connectivity index (χ3n) is 1.23. The van der Waals surface area contributed by atoms with E-state index in [9.17, 15) is 9.59 Å². The van der Waals surface area contributed by atoms with Crippen molar-refractivity contribution in [2.75, 3.05) is 6.67 Å². The fourth-order valence-electron chi connectivity index (χ4n) is 0.593. The van der Waals surface area contributed by atoms with Crippen LogP contribution in [0, 0.1) is 0 Å². The molecule has 4 heteroatoms. The predicted octanol–water partition coefficient (Wildman–Crippen LogP) is 2.20. The van der Waals surface area contributed by atoms with E-state index in [1.54, 1.807) is 0 Å². The van der Waals surface area contributed by atoms with Gasteiger partial charge in [0, 0.05) is 0 Å². The Morgan fingerprint density at radius 1 is 0.923 bits per heavy atom. The summed E-state index contributed by atoms with van der Waals surface area (Å²) in [6.07, 6.45) is 7.95. The Morgan fingerprint density at radius 3 is 1.54 bits per heavy atom. The van der Waals surface area contributed by atoms with Gasteiger partial charge in [-0.05, 0) is 0 Å². The molecule has 0 spiro atoms. The summed E-state index contributed by atoms with van der Waals surface area (Å²) in [4.78, 5) is 24.2. The second kappa shape index (κ2) is 17.0. The molecule has 0 heterocycles. The smallest absolute Gasteiger partial charge is 0.211 e. The van der Waals surface area contributed by atoms with Crippen molar-refractivity contribution < 1.29 is 9.59 Å². The summed E-state index contributed by atoms with van der Waals surface area (Å²) in [6.45, 7) is 4.30. The van der Waals surface area contributed by atoms with Crippen molar-refractivity contribution in [3.05, 3.63) is 0 Å². The number of hydrogen-bond acceptors (Lipinski definition) is 4. The van der Waals surface area contributed by atoms with Crippen LogP contribution in [0.5, 0.6) is 0 Å². The largest absolute Gasteiger partial charge is 0.236 e. The van der Waals surface area contributed by atoms with Crippen molar-refractivity contribution in [3.63, 3.8) is 0 Å². The van der Waals surface area contributed by atoms with Crippen molar-refractivity contribution in [3.8, 4) is 0 Å². The van der Waals surface area contributed by atoms with Gasteiger partial charge < -0.3 is 0 Å². The zero-order valence-electron chi connectivity index (χ0n) is 8.25. The van der Waals surface area contributed by atoms with Crippen LogP contribution in [0.2, 0.25) is 0 Å². The molecule has 0 N–H and O–H groups in total. The van der Waals surface area contributed by atoms with Crippen LogP contribution in [0.3, 0.4) is 0 Å². The first-order chi connectivity index (χ1) is 6.33. The first-order valence-electron chi connectivity index (χ1n) is 4.40. The lowest BCUT2D eigenvalue weighted by molar-refractivity contribution is 0.560. The van der Waals surface area contributed by atoms with Crippen molar-refractivity contribution >= 4 is 12.2 Å². The molecular formula is C9H16N2O2. The van der Waals surface area contributed by atoms with Crippen LogP contribution in [0.4, 0.5) is 0 Å². The maximum Gasteiger partial charge on any atom is 0.236 e. The second-order valence-corrected chi connectivity index (χ2v) is 2.35. The number of isocyanates is 2. The maximum absolute atomic E-state index is 9.20. The lowest BCUT2D eigenvalue weighted by Gasteiger charge is -1.86. The highest BCUT2D eigenvalue weighted by Gasteiger charge is 1.75. The monoisotopic (exact) mass is 184 g/mol. The number of rotatable bonds is 5. The molecule has 4 nitrogen and oxygen atoms in total. The first kappa shape index (κ1) is 14.3. The van der Waals surface area contributed by atoms with Crippen LogP contribution < -0.4 is 0 Å². The summed E-state index contributed by atoms with van der Waals surface area (Å²) in [5.74, 6) is 0. The van der Waals surface area contributed by atoms with Crippen molar-refractivity contribution in [2.24, 2.45) is 9.98 Å². The van der Waals surface area contributed by atoms with E-state index in [2.05, 4.69) is 23.8 Å². The molecule has 0 bridgehead atoms. The first-order valence-corrected chi connectivity index (χ1v) is 4.40. The van der Waals surface area contributed by atoms with Gasteiger partial charge in [-0.2, -0.15) is 9.98 Å². The van der Waals surface area contributed by atoms with E-state index in [0.717, 1.165) is 0 Å². The molecule has 0 fully saturated rings. The number of hydrogen-bond donors (Lipinski definition) is 0. The molecular weight excluding hydrogens is 168 g/mol. The van der Waals surface area contributed by atoms with E-state index in [0.29, 0.717) is 0 Å². The van der Waals surface area contributed by atoms with Gasteiger partial charge in [-0.1, -0.05) is 39.5 Å². The van der Waals surface area contributed by atoms with Gasteiger partial charge >= 0.3 is 0 Å². The van der Waals surface area contributed by atoms with E-state index < -0.39 is 0 Å². The van der Waals surface area contributed by atoms with E-state index in [1.807, 2.05) is 0 Å². The molecule has 0 aromatic carbocycles. The molecule has 0 aliphatic rings. The molecule has 0 saturated heterocycles. The molecule has 0 aliphatic heterocycles. The Kier molecular flexibility index (Phi) is 18.7. The number of nitrogens with zero attached hydrogens (tertiary/aromatic N) is 2. The standard InChI is InChI=1S/C6H14.C3H2N2O2/c1-3-5-6-4-2;6-2-4-1-5-3-7/h3-6H2,1-2H3;1H2. The van der Waals surface area contributed by atoms with Gasteiger partial charge in [0.05, 0.1) is 0 Å². The van der Waals surface area contributed by atoms with E-state index in [4.69, 9.17) is 0 Å². The molecule has 0 aromatic rings. The van der Waals surface area contributed by atoms with Gasteiger partial charge in [0.2, 0.25) is 12.2 Å². The van der Waals surface area contributed by atoms with Crippen molar-refractivity contribution in [1.29, 1.82) is 0 Å². The average molecular weight is 184 g/mol. The van der Waals surface area contributed by atoms with E-state index in [1.165, 1.54) is 37.8 Å². The molecule has 0 atom stereocenters. The van der Waals surface area contributed by atoms with Gasteiger partial charge in [0.1, 0.15) is 0 Å². The molecule has 0 rings (SSSR count). The average Bonchev–Trinajstić information content (AvgIpc) is 2.17. The zero-order chi connectivity index (χ0) is 10.4. The molecule has 74 valence electrons. The topological polar surface area (TPSA) is 58.9 Å². The molecule has 0 radical (unpaired) electrons. The molecule has 13 heavy (non-hydrogen) atoms. The summed E-state index contributed by atoms with van der Waals surface area (Å²) < 4.78 is 0. The third kappa shape index (κ3) is 24.9. The maximum atomic E-state index is 9.20. The van der Waals surface area contributed by atoms with Crippen LogP contribution in [-0.4, -0.2) is 18.8 Å². The number of carbonyl (C=O) groups excluding carboxylic acids is 2. The highest BCUT2D eigenvalue weighted by Crippen LogP contribution is 1.95. The Labute approximate surface area is 78.8 Å². The Balaban J connectivity index is 0. The highest BCUT2D eigenvalue weighted by molar-refractivity contribution is 5.35. The van der Waals surface area contributed by atoms with Crippen LogP contribution in [0.25, 0.3) is 0 Å². The van der Waals surface area contributed by atoms with Crippen molar-refractivity contribution in [2.45, 2.75) is 39.5 Å². The normalized spacial score (nSPS) is 7.23. The minimum Gasteiger partial charge on any atom is -0.211 e. The minimum absolute atomic E-state index is 0.160. The summed E-state index contributed by atoms with van der Waals surface area (Å²) in [5, 5.41) is 0. The summed E-state index contributed by atoms with van der Waals surface area (Å²) in [7, 11) is 0. The fourth-order valence-corrected chi connectivity index (χ4v) is 0.593. The number of unbranched alkanes of at least 4 members (excludes halogenated alkanes) is 3. The predicted molar refractivity (Wildman–Crippen MR) is 50.9 cm³/mol. The molecule has 0 saturated carbocycles. The van der Waals surface area contributed by atoms with Gasteiger partial charge in [-0.3, -0.25) is 0 Å². The summed E-state index contributed by atoms with van der Waals surface area (Å²) in [6, 6.07) is 0. The van der Waals surface area contributed by atoms with E-state index in [-0.39, 0.29) is 6.67 Å². The third-order valence-corrected chi connectivity index (χ3v) is 1.23. The van der Waals surface area contributed by atoms with Crippen LogP contribution >= 0.6 is 0 Å². The zero-order valence-corrected chi connectivity index (χ0v) is 8.25. The SMILES string of the molecule is CCCCCC.O=C=NCN=C=O. The second-order valence-electron chi connectivity index (χ2n) is 2.35. The molecule has 0 unspecified atom stereocenters. The number of aliphatic imine (C=N–C) groups is 2. The van der Waals surface area contributed by atoms with Gasteiger partial charge in [-0.15, -0.1) is 0 Å². The van der Waals surface area contributed by atoms with Gasteiger partial charge in [0.15, 0.2) is 6.67 Å². The van der Waals surface area contributed by atoms with Crippen LogP contribution in [0.1, 0.15) is 39.5 Å². The van der Waals surface area contributed by atoms with E-state index >= 15 is 0 Å². The Hall–Kier alpha value is -1.24. The summed E-state index contributed by atoms with van der Waals surface area (Å²) >= 11 is 0. The molecule has 0 aromatic heterocycles. The Bertz CT molecular complexity index is 160. The van der Waals surface area contributed by atoms with Crippen LogP contribution in [0.15, 0.2) is 9.98 Å². The minimum atomic E-state index is -0.160. The highest BCUT2D eigenvalue weighted by atomic mass is 16.1. The van der Waals surface area contributed by atoms with Gasteiger partial charge in [0.25, 0.3) is 0 Å². The lowest BCUT2D eigenvalue weighted by Crippen LogP contribution is -1.66. The fraction of sp³-hybridized carbons (Fsp3) is 0.778. The molecule has 0 aliphatic carbocycles. The van der Waals surface area contributed by atoms with Gasteiger partial charge in [-0.25, -0.2) is 9.59 Å². The summed E-state index contributed by atoms with van der Waals surface area (Å²) in [5.41, 5.74) is 0.